The molecule has 4 N–H and O–H groups in total. The first-order chi connectivity index (χ1) is 31.5. The van der Waals surface area contributed by atoms with Crippen LogP contribution < -0.4 is 0 Å². The molecule has 12 nitrogen and oxygen atoms in total. The Balaban J connectivity index is 0.000000136. The topological polar surface area (TPSA) is 163 Å². The number of amides is 2. The quantitative estimate of drug-likeness (QED) is 0.0580. The molecule has 10 aromatic rings. The lowest BCUT2D eigenvalue weighted by Gasteiger charge is -2.16. The molecule has 4 atom stereocenters. The highest BCUT2D eigenvalue weighted by Crippen LogP contribution is 2.49. The zero-order valence-electron chi connectivity index (χ0n) is 34.1. The van der Waals surface area contributed by atoms with Crippen molar-refractivity contribution in [2.75, 3.05) is 7.05 Å². The van der Waals surface area contributed by atoms with Gasteiger partial charge in [-0.05, 0) is 48.5 Å². The Bertz CT molecular complexity index is 3970. The van der Waals surface area contributed by atoms with Crippen molar-refractivity contribution in [3.63, 3.8) is 0 Å². The van der Waals surface area contributed by atoms with Crippen LogP contribution in [0.4, 0.5) is 0 Å². The standard InChI is InChI=1S/C26H18BrN3O3.C25H15BrN2O4.H2/c1-29-25(32)21-19-15-4-2-3-5-17(15)28-23(19)24-20(22(21)26(29)33)16-10-12(27)6-9-18(16)30(24)13-7-8-14(31)11-13;26-11-5-8-17-15(9-11)19-21-20(24(30)32-25(21)31)18-14-3-1-2-4-16(14)27-22(18)23(19)28(17)12-6-7-13(29)10-12;/h2-10,13-14,28,31H,11H2,1H3;1-9,12-13,27,29H,10H2;1H/t13?,14-;12?,13-;/m11./s1/i;;1+1. The lowest BCUT2D eigenvalue weighted by molar-refractivity contribution is 0.0444. The minimum Gasteiger partial charge on any atom is -0.389 e. The van der Waals surface area contributed by atoms with Crippen molar-refractivity contribution in [3.8, 4) is 0 Å². The predicted octanol–water partition coefficient (Wildman–Crippen LogP) is 10.9. The predicted molar refractivity (Wildman–Crippen MR) is 259 cm³/mol. The zero-order chi connectivity index (χ0) is 44.3. The minimum atomic E-state index is -0.622. The van der Waals surface area contributed by atoms with Gasteiger partial charge in [0.25, 0.3) is 11.8 Å². The normalized spacial score (nSPS) is 20.4. The van der Waals surface area contributed by atoms with Crippen molar-refractivity contribution < 1.29 is 35.6 Å². The van der Waals surface area contributed by atoms with Gasteiger partial charge in [0, 0.05) is 95.4 Å². The number of nitrogens with zero attached hydrogens (tertiary/aromatic N) is 3. The number of aromatic amines is 2. The van der Waals surface area contributed by atoms with Gasteiger partial charge in [0.1, 0.15) is 0 Å². The number of H-pyrrole nitrogens is 2. The van der Waals surface area contributed by atoms with Gasteiger partial charge in [-0.2, -0.15) is 0 Å². The van der Waals surface area contributed by atoms with E-state index in [-0.39, 0.29) is 25.3 Å². The van der Waals surface area contributed by atoms with E-state index in [1.165, 1.54) is 4.90 Å². The Labute approximate surface area is 385 Å². The first-order valence-corrected chi connectivity index (χ1v) is 22.8. The van der Waals surface area contributed by atoms with Crippen LogP contribution in [0.15, 0.2) is 118 Å². The number of hydrogen-bond donors (Lipinski definition) is 4. The van der Waals surface area contributed by atoms with Gasteiger partial charge in [-0.3, -0.25) is 14.5 Å². The Kier molecular flexibility index (Phi) is 8.07. The first-order valence-electron chi connectivity index (χ1n) is 21.2. The fraction of sp³-hybridized carbons (Fsp3) is 0.137. The lowest BCUT2D eigenvalue weighted by Crippen LogP contribution is -2.24. The fourth-order valence-electron chi connectivity index (χ4n) is 11.1. The molecule has 0 saturated heterocycles. The Morgan fingerprint density at radius 3 is 1.48 bits per heavy atom. The van der Waals surface area contributed by atoms with Crippen LogP contribution in [0.5, 0.6) is 0 Å². The van der Waals surface area contributed by atoms with Gasteiger partial charge in [0.05, 0.1) is 68.6 Å². The van der Waals surface area contributed by atoms with E-state index in [2.05, 4.69) is 51.0 Å². The molecule has 6 aromatic carbocycles. The Hall–Kier alpha value is -6.84. The van der Waals surface area contributed by atoms with Gasteiger partial charge >= 0.3 is 11.9 Å². The van der Waals surface area contributed by atoms with E-state index in [4.69, 9.17) is 4.74 Å². The number of aliphatic hydroxyl groups excluding tert-OH is 2. The van der Waals surface area contributed by atoms with Crippen molar-refractivity contribution >= 4 is 143 Å². The number of imide groups is 1. The van der Waals surface area contributed by atoms with Crippen LogP contribution in [0, 0.1) is 0 Å². The Morgan fingerprint density at radius 1 is 0.569 bits per heavy atom. The summed E-state index contributed by atoms with van der Waals surface area (Å²) in [5.74, 6) is -1.80. The number of cyclic esters (lactones) is 2. The molecule has 0 radical (unpaired) electrons. The molecule has 2 aliphatic heterocycles. The summed E-state index contributed by atoms with van der Waals surface area (Å²) in [4.78, 5) is 60.9. The van der Waals surface area contributed by atoms with Crippen molar-refractivity contribution in [1.82, 2.24) is 24.0 Å². The number of ether oxygens (including phenoxy) is 1. The maximum absolute atomic E-state index is 13.5. The number of aromatic nitrogens is 4. The van der Waals surface area contributed by atoms with Crippen molar-refractivity contribution in [1.29, 1.82) is 0 Å². The van der Waals surface area contributed by atoms with E-state index in [0.717, 1.165) is 85.4 Å². The van der Waals surface area contributed by atoms with E-state index >= 15 is 0 Å². The number of rotatable bonds is 2. The summed E-state index contributed by atoms with van der Waals surface area (Å²) in [6.07, 6.45) is 7.69. The highest BCUT2D eigenvalue weighted by atomic mass is 79.9. The van der Waals surface area contributed by atoms with Crippen LogP contribution in [-0.2, 0) is 4.74 Å². The second kappa shape index (κ2) is 13.6. The molecule has 0 spiro atoms. The smallest absolute Gasteiger partial charge is 0.347 e. The van der Waals surface area contributed by atoms with Crippen LogP contribution in [0.25, 0.3) is 87.2 Å². The van der Waals surface area contributed by atoms with Gasteiger partial charge < -0.3 is 34.1 Å². The third-order valence-corrected chi connectivity index (χ3v) is 14.7. The second-order valence-corrected chi connectivity index (χ2v) is 19.0. The third-order valence-electron chi connectivity index (χ3n) is 13.7. The van der Waals surface area contributed by atoms with E-state index < -0.39 is 24.1 Å². The van der Waals surface area contributed by atoms with Gasteiger partial charge in [-0.25, -0.2) is 9.59 Å². The molecule has 2 amide bonds. The third kappa shape index (κ3) is 5.18. The van der Waals surface area contributed by atoms with Crippen LogP contribution in [0.1, 0.15) is 67.8 Å². The second-order valence-electron chi connectivity index (χ2n) is 17.2. The van der Waals surface area contributed by atoms with Gasteiger partial charge in [-0.1, -0.05) is 92.6 Å². The van der Waals surface area contributed by atoms with Gasteiger partial charge in [0.2, 0.25) is 0 Å². The SMILES string of the molecule is CN1C(=O)c2c(c3c4cc(Br)ccc4n(C4C=C[C@@H](O)C4)c3c3[nH]c4ccccc4c23)C1=O.O=C1OC(=O)c2c1c1c3ccccc3[nH]c1c1c2c2cc(Br)ccc2n1C1C=C[C@@H](O)C1.[2HH]. The number of benzene rings is 6. The van der Waals surface area contributed by atoms with Crippen molar-refractivity contribution in [3.05, 3.63) is 140 Å². The van der Waals surface area contributed by atoms with Gasteiger partial charge in [-0.15, -0.1) is 0 Å². The number of carbonyl (C=O) groups excluding carboxylic acids is 4. The molecule has 320 valence electrons. The molecule has 2 aliphatic carbocycles. The average molecular weight is 991 g/mol. The molecule has 14 heteroatoms. The lowest BCUT2D eigenvalue weighted by atomic mass is 9.96. The number of halogens is 2. The highest BCUT2D eigenvalue weighted by Gasteiger charge is 2.41. The number of hydrogen-bond acceptors (Lipinski definition) is 7. The summed E-state index contributed by atoms with van der Waals surface area (Å²) in [6.45, 7) is 0. The molecule has 0 bridgehead atoms. The number of para-hydroxylation sites is 2. The summed E-state index contributed by atoms with van der Waals surface area (Å²) in [6, 6.07) is 27.4. The summed E-state index contributed by atoms with van der Waals surface area (Å²) >= 11 is 7.14. The maximum atomic E-state index is 13.5. The minimum absolute atomic E-state index is 0. The number of nitrogens with one attached hydrogen (secondary N) is 2. The molecule has 0 saturated carbocycles. The molecule has 14 rings (SSSR count). The molecule has 0 fully saturated rings. The molecule has 4 aliphatic rings. The fourth-order valence-corrected chi connectivity index (χ4v) is 11.8. The van der Waals surface area contributed by atoms with Crippen molar-refractivity contribution in [2.24, 2.45) is 0 Å². The van der Waals surface area contributed by atoms with Gasteiger partial charge in [0.15, 0.2) is 0 Å². The largest absolute Gasteiger partial charge is 0.389 e. The highest BCUT2D eigenvalue weighted by molar-refractivity contribution is 9.10. The summed E-state index contributed by atoms with van der Waals surface area (Å²) in [5.41, 5.74) is 8.56. The molecule has 4 aromatic heterocycles. The first kappa shape index (κ1) is 38.6. The summed E-state index contributed by atoms with van der Waals surface area (Å²) in [7, 11) is 1.54. The average Bonchev–Trinajstić information content (AvgIpc) is 4.18. The van der Waals surface area contributed by atoms with Crippen LogP contribution >= 0.6 is 31.9 Å². The molecule has 65 heavy (non-hydrogen) atoms. The number of aliphatic hydroxyl groups is 2. The van der Waals surface area contributed by atoms with E-state index in [1.807, 2.05) is 103 Å². The zero-order valence-corrected chi connectivity index (χ0v) is 37.3. The monoisotopic (exact) mass is 988 g/mol. The molecule has 6 heterocycles. The number of allylic oxidation sites excluding steroid dienone is 2. The summed E-state index contributed by atoms with van der Waals surface area (Å²) in [5, 5.41) is 27.0. The number of fused-ring (bicyclic) bond motifs is 20. The number of esters is 2. The van der Waals surface area contributed by atoms with Crippen LogP contribution in [0.3, 0.4) is 0 Å². The maximum Gasteiger partial charge on any atom is 0.347 e. The number of carbonyl (C=O) groups is 4. The molecular formula is C51H35Br2N5O7. The Morgan fingerprint density at radius 2 is 1.00 bits per heavy atom. The van der Waals surface area contributed by atoms with E-state index in [0.29, 0.717) is 45.9 Å². The summed E-state index contributed by atoms with van der Waals surface area (Å²) < 4.78 is 11.3. The van der Waals surface area contributed by atoms with Crippen molar-refractivity contribution in [2.45, 2.75) is 37.1 Å². The molecular weight excluding hydrogens is 954 g/mol. The molecule has 2 unspecified atom stereocenters. The van der Waals surface area contributed by atoms with E-state index in [9.17, 15) is 29.4 Å². The van der Waals surface area contributed by atoms with Crippen LogP contribution in [0.2, 0.25) is 0 Å². The van der Waals surface area contributed by atoms with Crippen LogP contribution in [-0.4, -0.2) is 77.2 Å². The van der Waals surface area contributed by atoms with E-state index in [1.54, 1.807) is 13.1 Å².